The van der Waals surface area contributed by atoms with E-state index >= 15 is 0 Å². The fraction of sp³-hybridized carbons (Fsp3) is 0.750. The lowest BCUT2D eigenvalue weighted by atomic mass is 10.1. The number of hydrogen-bond donors (Lipinski definition) is 1. The monoisotopic (exact) mass is 260 g/mol. The van der Waals surface area contributed by atoms with Crippen LogP contribution in [0, 0.1) is 0 Å². The van der Waals surface area contributed by atoms with Crippen LogP contribution in [0.5, 0.6) is 0 Å². The smallest absolute Gasteiger partial charge is 0.123 e. The van der Waals surface area contributed by atoms with Gasteiger partial charge < -0.3 is 9.84 Å². The molecule has 0 saturated heterocycles. The molecule has 0 aliphatic heterocycles. The average molecular weight is 261 g/mol. The minimum absolute atomic E-state index is 0.232. The molecule has 4 nitrogen and oxygen atoms in total. The third-order valence-corrected chi connectivity index (χ3v) is 2.98. The van der Waals surface area contributed by atoms with Crippen LogP contribution in [0.4, 0.5) is 0 Å². The van der Waals surface area contributed by atoms with E-state index in [2.05, 4.69) is 12.0 Å². The molecule has 5 heteroatoms. The molecule has 0 bridgehead atoms. The summed E-state index contributed by atoms with van der Waals surface area (Å²) < 4.78 is 7.27. The second-order valence-corrected chi connectivity index (χ2v) is 4.35. The van der Waals surface area contributed by atoms with Crippen molar-refractivity contribution in [1.82, 2.24) is 9.78 Å². The van der Waals surface area contributed by atoms with E-state index in [9.17, 15) is 5.11 Å². The first kappa shape index (κ1) is 14.5. The molecule has 0 amide bonds. The zero-order valence-corrected chi connectivity index (χ0v) is 11.4. The molecule has 0 saturated carbocycles. The van der Waals surface area contributed by atoms with Crippen molar-refractivity contribution in [3.05, 3.63) is 16.9 Å². The molecule has 1 N–H and O–H groups in total. The van der Waals surface area contributed by atoms with Crippen LogP contribution in [-0.2, 0) is 11.3 Å². The van der Waals surface area contributed by atoms with Gasteiger partial charge in [0.2, 0.25) is 0 Å². The summed E-state index contributed by atoms with van der Waals surface area (Å²) in [5.74, 6) is 0. The summed E-state index contributed by atoms with van der Waals surface area (Å²) in [4.78, 5) is 0. The molecule has 1 heterocycles. The summed E-state index contributed by atoms with van der Waals surface area (Å²) in [7, 11) is 0. The van der Waals surface area contributed by atoms with Crippen LogP contribution in [0.1, 0.15) is 45.4 Å². The molecule has 0 aliphatic carbocycles. The second kappa shape index (κ2) is 6.99. The van der Waals surface area contributed by atoms with Gasteiger partial charge >= 0.3 is 0 Å². The van der Waals surface area contributed by atoms with E-state index in [4.69, 9.17) is 16.3 Å². The number of aliphatic hydroxyl groups excluding tert-OH is 1. The Balaban J connectivity index is 2.92. The maximum Gasteiger partial charge on any atom is 0.123 e. The van der Waals surface area contributed by atoms with Crippen molar-refractivity contribution < 1.29 is 9.84 Å². The first-order chi connectivity index (χ1) is 8.15. The van der Waals surface area contributed by atoms with E-state index in [1.54, 1.807) is 10.9 Å². The first-order valence-corrected chi connectivity index (χ1v) is 6.54. The number of ether oxygens (including phenoxy) is 1. The minimum atomic E-state index is -0.721. The minimum Gasteiger partial charge on any atom is -0.384 e. The van der Waals surface area contributed by atoms with Crippen molar-refractivity contribution in [3.8, 4) is 0 Å². The maximum absolute atomic E-state index is 10.3. The number of aromatic nitrogens is 2. The topological polar surface area (TPSA) is 47.3 Å². The van der Waals surface area contributed by atoms with Gasteiger partial charge in [-0.3, -0.25) is 4.68 Å². The van der Waals surface area contributed by atoms with E-state index in [0.29, 0.717) is 17.3 Å². The van der Waals surface area contributed by atoms with Crippen molar-refractivity contribution in [2.75, 3.05) is 6.61 Å². The summed E-state index contributed by atoms with van der Waals surface area (Å²) in [6.45, 7) is 7.29. The molecule has 1 rings (SSSR count). The van der Waals surface area contributed by atoms with Gasteiger partial charge in [0.1, 0.15) is 6.10 Å². The maximum atomic E-state index is 10.3. The summed E-state index contributed by atoms with van der Waals surface area (Å²) >= 11 is 6.08. The van der Waals surface area contributed by atoms with Crippen molar-refractivity contribution >= 4 is 11.6 Å². The van der Waals surface area contributed by atoms with E-state index in [1.165, 1.54) is 0 Å². The Morgan fingerprint density at radius 2 is 2.18 bits per heavy atom. The number of nitrogens with zero attached hydrogens (tertiary/aromatic N) is 2. The third kappa shape index (κ3) is 3.44. The highest BCUT2D eigenvalue weighted by Crippen LogP contribution is 2.28. The number of halogens is 1. The van der Waals surface area contributed by atoms with Crippen LogP contribution >= 0.6 is 11.6 Å². The number of aryl methyl sites for hydroxylation is 1. The lowest BCUT2D eigenvalue weighted by Crippen LogP contribution is -2.24. The Bertz CT molecular complexity index is 341. The fourth-order valence-electron chi connectivity index (χ4n) is 1.88. The first-order valence-electron chi connectivity index (χ1n) is 6.16. The third-order valence-electron chi connectivity index (χ3n) is 2.68. The summed E-state index contributed by atoms with van der Waals surface area (Å²) in [5, 5.41) is 15.0. The molecule has 0 spiro atoms. The highest BCUT2D eigenvalue weighted by molar-refractivity contribution is 6.31. The molecular formula is C12H21ClN2O2. The van der Waals surface area contributed by atoms with Gasteiger partial charge in [-0.15, -0.1) is 0 Å². The summed E-state index contributed by atoms with van der Waals surface area (Å²) in [6, 6.07) is 0. The lowest BCUT2D eigenvalue weighted by Gasteiger charge is -2.22. The molecule has 1 aromatic heterocycles. The molecule has 2 unspecified atom stereocenters. The van der Waals surface area contributed by atoms with Crippen LogP contribution in [0.25, 0.3) is 0 Å². The van der Waals surface area contributed by atoms with Crippen molar-refractivity contribution in [1.29, 1.82) is 0 Å². The van der Waals surface area contributed by atoms with Gasteiger partial charge in [0.15, 0.2) is 0 Å². The predicted octanol–water partition coefficient (Wildman–Crippen LogP) is 2.80. The zero-order valence-electron chi connectivity index (χ0n) is 10.7. The molecule has 98 valence electrons. The van der Waals surface area contributed by atoms with Gasteiger partial charge in [0, 0.05) is 13.2 Å². The van der Waals surface area contributed by atoms with Gasteiger partial charge in [0.25, 0.3) is 0 Å². The normalized spacial score (nSPS) is 14.9. The molecule has 0 aromatic carbocycles. The predicted molar refractivity (Wildman–Crippen MR) is 68.2 cm³/mol. The van der Waals surface area contributed by atoms with E-state index in [0.717, 1.165) is 19.4 Å². The number of rotatable bonds is 7. The Morgan fingerprint density at radius 1 is 1.47 bits per heavy atom. The van der Waals surface area contributed by atoms with Crippen LogP contribution in [-0.4, -0.2) is 27.6 Å². The molecule has 17 heavy (non-hydrogen) atoms. The van der Waals surface area contributed by atoms with Crippen molar-refractivity contribution in [3.63, 3.8) is 0 Å². The van der Waals surface area contributed by atoms with Crippen LogP contribution in [0.2, 0.25) is 5.02 Å². The van der Waals surface area contributed by atoms with Crippen LogP contribution < -0.4 is 0 Å². The molecular weight excluding hydrogens is 240 g/mol. The largest absolute Gasteiger partial charge is 0.384 e. The van der Waals surface area contributed by atoms with E-state index < -0.39 is 6.10 Å². The van der Waals surface area contributed by atoms with Gasteiger partial charge in [-0.05, 0) is 19.8 Å². The second-order valence-electron chi connectivity index (χ2n) is 3.95. The number of hydrogen-bond acceptors (Lipinski definition) is 3. The molecule has 0 radical (unpaired) electrons. The Morgan fingerprint density at radius 3 is 2.71 bits per heavy atom. The van der Waals surface area contributed by atoms with Gasteiger partial charge in [-0.1, -0.05) is 25.4 Å². The fourth-order valence-corrected chi connectivity index (χ4v) is 2.13. The number of aliphatic hydroxyl groups is 1. The Kier molecular flexibility index (Phi) is 5.95. The Hall–Kier alpha value is -0.580. The Labute approximate surface area is 108 Å². The molecule has 0 aliphatic rings. The van der Waals surface area contributed by atoms with Crippen molar-refractivity contribution in [2.24, 2.45) is 0 Å². The highest BCUT2D eigenvalue weighted by atomic mass is 35.5. The van der Waals surface area contributed by atoms with Crippen LogP contribution in [0.15, 0.2) is 6.20 Å². The van der Waals surface area contributed by atoms with Gasteiger partial charge in [0.05, 0.1) is 23.0 Å². The summed E-state index contributed by atoms with van der Waals surface area (Å²) in [5.41, 5.74) is 0.661. The van der Waals surface area contributed by atoms with Gasteiger partial charge in [-0.2, -0.15) is 5.10 Å². The quantitative estimate of drug-likeness (QED) is 0.820. The summed E-state index contributed by atoms with van der Waals surface area (Å²) in [6.07, 6.45) is 2.31. The zero-order chi connectivity index (χ0) is 12.8. The van der Waals surface area contributed by atoms with Gasteiger partial charge in [-0.25, -0.2) is 0 Å². The van der Waals surface area contributed by atoms with Crippen LogP contribution in [0.3, 0.4) is 0 Å². The SMILES string of the molecule is CCCn1ncc(Cl)c1C(O)C(CC)OCC. The van der Waals surface area contributed by atoms with E-state index in [1.807, 2.05) is 13.8 Å². The molecule has 1 aromatic rings. The average Bonchev–Trinajstić information content (AvgIpc) is 2.67. The van der Waals surface area contributed by atoms with E-state index in [-0.39, 0.29) is 6.10 Å². The van der Waals surface area contributed by atoms with Crippen molar-refractivity contribution in [2.45, 2.75) is 52.4 Å². The lowest BCUT2D eigenvalue weighted by molar-refractivity contribution is -0.0391. The standard InChI is InChI=1S/C12H21ClN2O2/c1-4-7-15-11(9(13)8-14-15)12(16)10(5-2)17-6-3/h8,10,12,16H,4-7H2,1-3H3. The molecule has 0 fully saturated rings. The highest BCUT2D eigenvalue weighted by Gasteiger charge is 2.25. The molecule has 2 atom stereocenters.